The van der Waals surface area contributed by atoms with Gasteiger partial charge in [-0.15, -0.1) is 0 Å². The lowest BCUT2D eigenvalue weighted by Crippen LogP contribution is -2.30. The minimum atomic E-state index is 0.858. The van der Waals surface area contributed by atoms with Crippen LogP contribution >= 0.6 is 0 Å². The Kier molecular flexibility index (Phi) is 2.82. The lowest BCUT2D eigenvalue weighted by molar-refractivity contribution is 0.457. The van der Waals surface area contributed by atoms with E-state index < -0.39 is 0 Å². The minimum Gasteiger partial charge on any atom is -0.332 e. The van der Waals surface area contributed by atoms with Crippen LogP contribution in [0.5, 0.6) is 0 Å². The topological polar surface area (TPSA) is 15.6 Å². The van der Waals surface area contributed by atoms with Crippen molar-refractivity contribution < 1.29 is 0 Å². The zero-order chi connectivity index (χ0) is 9.80. The van der Waals surface area contributed by atoms with Crippen LogP contribution in [0.25, 0.3) is 0 Å². The molecule has 0 saturated carbocycles. The maximum atomic E-state index is 4.53. The molecule has 2 heteroatoms. The number of allylic oxidation sites excluding steroid dienone is 4. The largest absolute Gasteiger partial charge is 0.332 e. The van der Waals surface area contributed by atoms with Gasteiger partial charge in [0.2, 0.25) is 0 Å². The van der Waals surface area contributed by atoms with Gasteiger partial charge in [0, 0.05) is 18.7 Å². The predicted molar refractivity (Wildman–Crippen MR) is 60.3 cm³/mol. The molecule has 1 saturated heterocycles. The summed E-state index contributed by atoms with van der Waals surface area (Å²) in [7, 11) is 0. The van der Waals surface area contributed by atoms with Crippen molar-refractivity contribution in [2.24, 2.45) is 4.99 Å². The van der Waals surface area contributed by atoms with E-state index >= 15 is 0 Å². The average Bonchev–Trinajstić information content (AvgIpc) is 2.63. The lowest BCUT2D eigenvalue weighted by atomic mass is 10.1. The Morgan fingerprint density at radius 1 is 1.29 bits per heavy atom. The molecule has 74 valence electrons. The van der Waals surface area contributed by atoms with E-state index in [1.807, 2.05) is 12.2 Å². The molecule has 0 spiro atoms. The molecule has 0 radical (unpaired) electrons. The molecule has 0 amide bonds. The molecule has 0 unspecified atom stereocenters. The zero-order valence-corrected chi connectivity index (χ0v) is 8.45. The van der Waals surface area contributed by atoms with Crippen LogP contribution in [-0.2, 0) is 0 Å². The SMILES string of the molecule is C=C/C=C\C=C1/CN=C2CCCCN21. The fourth-order valence-corrected chi connectivity index (χ4v) is 1.94. The normalized spacial score (nSPS) is 24.1. The molecule has 0 aromatic rings. The summed E-state index contributed by atoms with van der Waals surface area (Å²) in [5.41, 5.74) is 1.33. The number of amidine groups is 1. The second-order valence-electron chi connectivity index (χ2n) is 3.62. The fraction of sp³-hybridized carbons (Fsp3) is 0.417. The molecule has 0 atom stereocenters. The van der Waals surface area contributed by atoms with Crippen molar-refractivity contribution in [3.63, 3.8) is 0 Å². The van der Waals surface area contributed by atoms with Crippen LogP contribution in [0.1, 0.15) is 19.3 Å². The summed E-state index contributed by atoms with van der Waals surface area (Å²) in [5.74, 6) is 1.29. The van der Waals surface area contributed by atoms with Gasteiger partial charge >= 0.3 is 0 Å². The Balaban J connectivity index is 2.06. The number of aliphatic imine (C=N–C) groups is 1. The lowest BCUT2D eigenvalue weighted by Gasteiger charge is -2.26. The van der Waals surface area contributed by atoms with Gasteiger partial charge in [0.15, 0.2) is 0 Å². The first-order chi connectivity index (χ1) is 6.92. The summed E-state index contributed by atoms with van der Waals surface area (Å²) >= 11 is 0. The van der Waals surface area contributed by atoms with Crippen LogP contribution < -0.4 is 0 Å². The van der Waals surface area contributed by atoms with Crippen LogP contribution in [0.15, 0.2) is 41.6 Å². The highest BCUT2D eigenvalue weighted by Crippen LogP contribution is 2.22. The first-order valence-electron chi connectivity index (χ1n) is 5.21. The van der Waals surface area contributed by atoms with Gasteiger partial charge in [-0.1, -0.05) is 24.8 Å². The van der Waals surface area contributed by atoms with Gasteiger partial charge in [-0.2, -0.15) is 0 Å². The summed E-state index contributed by atoms with van der Waals surface area (Å²) in [6.07, 6.45) is 11.7. The molecule has 0 aromatic heterocycles. The first kappa shape index (κ1) is 9.25. The Morgan fingerprint density at radius 3 is 3.07 bits per heavy atom. The Hall–Kier alpha value is -1.31. The molecular formula is C12H16N2. The molecule has 2 nitrogen and oxygen atoms in total. The molecule has 2 rings (SSSR count). The van der Waals surface area contributed by atoms with Gasteiger partial charge in [0.05, 0.1) is 6.54 Å². The van der Waals surface area contributed by atoms with E-state index in [1.165, 1.54) is 24.4 Å². The van der Waals surface area contributed by atoms with Crippen LogP contribution in [0, 0.1) is 0 Å². The average molecular weight is 188 g/mol. The van der Waals surface area contributed by atoms with E-state index in [2.05, 4.69) is 22.5 Å². The van der Waals surface area contributed by atoms with Crippen molar-refractivity contribution >= 4 is 5.84 Å². The molecular weight excluding hydrogens is 172 g/mol. The molecule has 2 aliphatic heterocycles. The predicted octanol–water partition coefficient (Wildman–Crippen LogP) is 2.51. The third kappa shape index (κ3) is 1.79. The molecule has 2 heterocycles. The van der Waals surface area contributed by atoms with Crippen molar-refractivity contribution in [3.8, 4) is 0 Å². The fourth-order valence-electron chi connectivity index (χ4n) is 1.94. The number of hydrogen-bond donors (Lipinski definition) is 0. The van der Waals surface area contributed by atoms with Crippen LogP contribution in [0.4, 0.5) is 0 Å². The second kappa shape index (κ2) is 4.27. The summed E-state index contributed by atoms with van der Waals surface area (Å²) in [5, 5.41) is 0. The van der Waals surface area contributed by atoms with Gasteiger partial charge in [-0.25, -0.2) is 0 Å². The van der Waals surface area contributed by atoms with Gasteiger partial charge in [0.1, 0.15) is 5.84 Å². The number of nitrogens with zero attached hydrogens (tertiary/aromatic N) is 2. The standard InChI is InChI=1S/C12H16N2/c1-2-3-4-7-11-10-13-12-8-5-6-9-14(11)12/h2-4,7H,1,5-6,8-10H2/b4-3-,11-7+. The van der Waals surface area contributed by atoms with Gasteiger partial charge < -0.3 is 4.90 Å². The highest BCUT2D eigenvalue weighted by atomic mass is 15.3. The van der Waals surface area contributed by atoms with E-state index in [4.69, 9.17) is 0 Å². The molecule has 1 fully saturated rings. The maximum Gasteiger partial charge on any atom is 0.104 e. The van der Waals surface area contributed by atoms with Gasteiger partial charge in [-0.3, -0.25) is 4.99 Å². The number of piperidine rings is 1. The first-order valence-corrected chi connectivity index (χ1v) is 5.21. The molecule has 0 bridgehead atoms. The Labute approximate surface area is 85.3 Å². The van der Waals surface area contributed by atoms with Crippen LogP contribution in [0.3, 0.4) is 0 Å². The van der Waals surface area contributed by atoms with E-state index in [-0.39, 0.29) is 0 Å². The van der Waals surface area contributed by atoms with Crippen LogP contribution in [-0.4, -0.2) is 23.8 Å². The van der Waals surface area contributed by atoms with E-state index in [0.29, 0.717) is 0 Å². The quantitative estimate of drug-likeness (QED) is 0.608. The molecule has 0 aliphatic carbocycles. The maximum absolute atomic E-state index is 4.53. The van der Waals surface area contributed by atoms with Crippen molar-refractivity contribution in [1.29, 1.82) is 0 Å². The number of rotatable bonds is 2. The van der Waals surface area contributed by atoms with Crippen molar-refractivity contribution in [3.05, 3.63) is 36.6 Å². The minimum absolute atomic E-state index is 0.858. The van der Waals surface area contributed by atoms with E-state index in [1.54, 1.807) is 6.08 Å². The highest BCUT2D eigenvalue weighted by molar-refractivity contribution is 5.86. The molecule has 0 N–H and O–H groups in total. The number of hydrogen-bond acceptors (Lipinski definition) is 2. The van der Waals surface area contributed by atoms with Crippen molar-refractivity contribution in [1.82, 2.24) is 4.90 Å². The van der Waals surface area contributed by atoms with Crippen LogP contribution in [0.2, 0.25) is 0 Å². The number of fused-ring (bicyclic) bond motifs is 1. The Bertz CT molecular complexity index is 310. The van der Waals surface area contributed by atoms with E-state index in [9.17, 15) is 0 Å². The summed E-state index contributed by atoms with van der Waals surface area (Å²) in [4.78, 5) is 6.89. The third-order valence-electron chi connectivity index (χ3n) is 2.65. The molecule has 0 aromatic carbocycles. The monoisotopic (exact) mass is 188 g/mol. The second-order valence-corrected chi connectivity index (χ2v) is 3.62. The molecule has 14 heavy (non-hydrogen) atoms. The molecule has 2 aliphatic rings. The van der Waals surface area contributed by atoms with Crippen molar-refractivity contribution in [2.75, 3.05) is 13.1 Å². The van der Waals surface area contributed by atoms with E-state index in [0.717, 1.165) is 19.5 Å². The van der Waals surface area contributed by atoms with Gasteiger partial charge in [0.25, 0.3) is 0 Å². The van der Waals surface area contributed by atoms with Gasteiger partial charge in [-0.05, 0) is 18.9 Å². The third-order valence-corrected chi connectivity index (χ3v) is 2.65. The smallest absolute Gasteiger partial charge is 0.104 e. The highest BCUT2D eigenvalue weighted by Gasteiger charge is 2.23. The zero-order valence-electron chi connectivity index (χ0n) is 8.45. The summed E-state index contributed by atoms with van der Waals surface area (Å²) in [6.45, 7) is 5.65. The summed E-state index contributed by atoms with van der Waals surface area (Å²) < 4.78 is 0. The Morgan fingerprint density at radius 2 is 2.21 bits per heavy atom. The summed E-state index contributed by atoms with van der Waals surface area (Å²) in [6, 6.07) is 0. The van der Waals surface area contributed by atoms with Crippen molar-refractivity contribution in [2.45, 2.75) is 19.3 Å².